The fourth-order valence-electron chi connectivity index (χ4n) is 1.40. The van der Waals surface area contributed by atoms with E-state index in [1.165, 1.54) is 0 Å². The molecule has 0 unspecified atom stereocenters. The Labute approximate surface area is 86.6 Å². The van der Waals surface area contributed by atoms with Crippen molar-refractivity contribution >= 4 is 11.5 Å². The van der Waals surface area contributed by atoms with Crippen LogP contribution in [0.3, 0.4) is 0 Å². The highest BCUT2D eigenvalue weighted by atomic mass is 16.3. The molecule has 2 aromatic heterocycles. The molecule has 0 atom stereocenters. The van der Waals surface area contributed by atoms with E-state index in [1.807, 2.05) is 18.2 Å². The van der Waals surface area contributed by atoms with Crippen LogP contribution in [0.2, 0.25) is 0 Å². The lowest BCUT2D eigenvalue weighted by atomic mass is 10.4. The normalized spacial score (nSPS) is 10.1. The highest BCUT2D eigenvalue weighted by Crippen LogP contribution is 2.15. The second kappa shape index (κ2) is 3.98. The van der Waals surface area contributed by atoms with Crippen molar-refractivity contribution in [3.63, 3.8) is 0 Å². The molecule has 2 heterocycles. The molecule has 0 amide bonds. The van der Waals surface area contributed by atoms with Gasteiger partial charge in [0.25, 0.3) is 0 Å². The van der Waals surface area contributed by atoms with Gasteiger partial charge in [-0.2, -0.15) is 5.26 Å². The van der Waals surface area contributed by atoms with Crippen LogP contribution in [0.4, 0.5) is 5.82 Å². The van der Waals surface area contributed by atoms with Crippen molar-refractivity contribution in [3.8, 4) is 6.07 Å². The minimum atomic E-state index is 0.0126. The van der Waals surface area contributed by atoms with Crippen LogP contribution in [-0.4, -0.2) is 27.6 Å². The Morgan fingerprint density at radius 3 is 3.13 bits per heavy atom. The molecular weight excluding hydrogens is 192 g/mol. The molecule has 0 saturated heterocycles. The number of imidazole rings is 1. The number of nitriles is 1. The molecule has 0 aliphatic rings. The van der Waals surface area contributed by atoms with Crippen LogP contribution >= 0.6 is 0 Å². The SMILES string of the molecule is N#Cc1c(NCCO)nc2ccccn12. The summed E-state index contributed by atoms with van der Waals surface area (Å²) >= 11 is 0. The van der Waals surface area contributed by atoms with Gasteiger partial charge in [-0.05, 0) is 12.1 Å². The van der Waals surface area contributed by atoms with E-state index >= 15 is 0 Å². The second-order valence-electron chi connectivity index (χ2n) is 3.00. The monoisotopic (exact) mass is 202 g/mol. The highest BCUT2D eigenvalue weighted by Gasteiger charge is 2.09. The first-order valence-electron chi connectivity index (χ1n) is 4.58. The van der Waals surface area contributed by atoms with Crippen molar-refractivity contribution in [2.24, 2.45) is 0 Å². The Balaban J connectivity index is 2.50. The molecule has 5 nitrogen and oxygen atoms in total. The van der Waals surface area contributed by atoms with Gasteiger partial charge in [0.2, 0.25) is 0 Å². The number of hydrogen-bond acceptors (Lipinski definition) is 4. The van der Waals surface area contributed by atoms with Gasteiger partial charge in [0, 0.05) is 12.7 Å². The summed E-state index contributed by atoms with van der Waals surface area (Å²) in [6, 6.07) is 7.61. The van der Waals surface area contributed by atoms with E-state index < -0.39 is 0 Å². The summed E-state index contributed by atoms with van der Waals surface area (Å²) in [5, 5.41) is 20.6. The van der Waals surface area contributed by atoms with Crippen LogP contribution in [-0.2, 0) is 0 Å². The van der Waals surface area contributed by atoms with Crippen LogP contribution < -0.4 is 5.32 Å². The summed E-state index contributed by atoms with van der Waals surface area (Å²) in [5.74, 6) is 0.512. The maximum absolute atomic E-state index is 8.99. The Kier molecular flexibility index (Phi) is 2.52. The van der Waals surface area contributed by atoms with Crippen LogP contribution in [0.1, 0.15) is 5.69 Å². The fraction of sp³-hybridized carbons (Fsp3) is 0.200. The molecule has 0 spiro atoms. The van der Waals surface area contributed by atoms with Gasteiger partial charge in [-0.15, -0.1) is 0 Å². The molecule has 0 aliphatic heterocycles. The second-order valence-corrected chi connectivity index (χ2v) is 3.00. The summed E-state index contributed by atoms with van der Waals surface area (Å²) in [4.78, 5) is 4.24. The number of fused-ring (bicyclic) bond motifs is 1. The number of nitrogens with zero attached hydrogens (tertiary/aromatic N) is 3. The molecular formula is C10H10N4O. The number of aromatic nitrogens is 2. The number of rotatable bonds is 3. The molecule has 0 saturated carbocycles. The molecule has 15 heavy (non-hydrogen) atoms. The number of anilines is 1. The Morgan fingerprint density at radius 1 is 1.53 bits per heavy atom. The minimum Gasteiger partial charge on any atom is -0.395 e. The third kappa shape index (κ3) is 1.63. The first-order chi connectivity index (χ1) is 7.36. The molecule has 0 radical (unpaired) electrons. The maximum atomic E-state index is 8.99. The molecule has 2 aromatic rings. The first kappa shape index (κ1) is 9.49. The van der Waals surface area contributed by atoms with Crippen LogP contribution in [0.15, 0.2) is 24.4 Å². The van der Waals surface area contributed by atoms with Crippen molar-refractivity contribution < 1.29 is 5.11 Å². The van der Waals surface area contributed by atoms with Gasteiger partial charge in [0.15, 0.2) is 11.5 Å². The Hall–Kier alpha value is -2.06. The zero-order valence-electron chi connectivity index (χ0n) is 8.01. The quantitative estimate of drug-likeness (QED) is 0.764. The topological polar surface area (TPSA) is 73.3 Å². The highest BCUT2D eigenvalue weighted by molar-refractivity contribution is 5.58. The van der Waals surface area contributed by atoms with Gasteiger partial charge in [0.1, 0.15) is 11.7 Å². The van der Waals surface area contributed by atoms with Crippen LogP contribution in [0.25, 0.3) is 5.65 Å². The third-order valence-electron chi connectivity index (χ3n) is 2.04. The van der Waals surface area contributed by atoms with Gasteiger partial charge in [-0.25, -0.2) is 4.98 Å². The summed E-state index contributed by atoms with van der Waals surface area (Å²) in [6.07, 6.45) is 1.78. The van der Waals surface area contributed by atoms with Crippen LogP contribution in [0.5, 0.6) is 0 Å². The van der Waals surface area contributed by atoms with E-state index in [2.05, 4.69) is 16.4 Å². The zero-order valence-corrected chi connectivity index (χ0v) is 8.01. The number of nitrogens with one attached hydrogen (secondary N) is 1. The smallest absolute Gasteiger partial charge is 0.168 e. The van der Waals surface area contributed by atoms with Gasteiger partial charge >= 0.3 is 0 Å². The van der Waals surface area contributed by atoms with Crippen molar-refractivity contribution in [2.75, 3.05) is 18.5 Å². The largest absolute Gasteiger partial charge is 0.395 e. The molecule has 76 valence electrons. The van der Waals surface area contributed by atoms with E-state index in [4.69, 9.17) is 10.4 Å². The van der Waals surface area contributed by atoms with Gasteiger partial charge < -0.3 is 10.4 Å². The summed E-state index contributed by atoms with van der Waals surface area (Å²) in [6.45, 7) is 0.400. The minimum absolute atomic E-state index is 0.0126. The van der Waals surface area contributed by atoms with Gasteiger partial charge in [-0.1, -0.05) is 6.07 Å². The number of pyridine rings is 1. The average Bonchev–Trinajstić information content (AvgIpc) is 2.63. The molecule has 0 bridgehead atoms. The third-order valence-corrected chi connectivity index (χ3v) is 2.04. The Bertz CT molecular complexity index is 512. The van der Waals surface area contributed by atoms with E-state index in [1.54, 1.807) is 10.6 Å². The fourth-order valence-corrected chi connectivity index (χ4v) is 1.40. The maximum Gasteiger partial charge on any atom is 0.168 e. The van der Waals surface area contributed by atoms with E-state index in [-0.39, 0.29) is 6.61 Å². The first-order valence-corrected chi connectivity index (χ1v) is 4.58. The number of aliphatic hydroxyl groups excluding tert-OH is 1. The molecule has 0 aliphatic carbocycles. The van der Waals surface area contributed by atoms with Gasteiger partial charge in [-0.3, -0.25) is 4.40 Å². The lowest BCUT2D eigenvalue weighted by Gasteiger charge is -1.98. The van der Waals surface area contributed by atoms with E-state index in [0.717, 1.165) is 5.65 Å². The molecule has 0 aromatic carbocycles. The number of aliphatic hydroxyl groups is 1. The van der Waals surface area contributed by atoms with Crippen molar-refractivity contribution in [2.45, 2.75) is 0 Å². The van der Waals surface area contributed by atoms with Crippen LogP contribution in [0, 0.1) is 11.3 Å². The lowest BCUT2D eigenvalue weighted by Crippen LogP contribution is -2.06. The van der Waals surface area contributed by atoms with Crippen molar-refractivity contribution in [1.82, 2.24) is 9.38 Å². The van der Waals surface area contributed by atoms with E-state index in [0.29, 0.717) is 18.1 Å². The van der Waals surface area contributed by atoms with Crippen molar-refractivity contribution in [3.05, 3.63) is 30.1 Å². The zero-order chi connectivity index (χ0) is 10.7. The molecule has 2 N–H and O–H groups in total. The van der Waals surface area contributed by atoms with E-state index in [9.17, 15) is 0 Å². The number of hydrogen-bond donors (Lipinski definition) is 2. The average molecular weight is 202 g/mol. The molecule has 2 rings (SSSR count). The molecule has 5 heteroatoms. The molecule has 0 fully saturated rings. The van der Waals surface area contributed by atoms with Crippen molar-refractivity contribution in [1.29, 1.82) is 5.26 Å². The summed E-state index contributed by atoms with van der Waals surface area (Å²) in [7, 11) is 0. The van der Waals surface area contributed by atoms with Gasteiger partial charge in [0.05, 0.1) is 6.61 Å². The lowest BCUT2D eigenvalue weighted by molar-refractivity contribution is 0.311. The standard InChI is InChI=1S/C10H10N4O/c11-7-8-10(12-4-6-15)13-9-3-1-2-5-14(8)9/h1-3,5,12,15H,4,6H2. The Morgan fingerprint density at radius 2 is 2.40 bits per heavy atom. The predicted molar refractivity (Wildman–Crippen MR) is 55.5 cm³/mol. The summed E-state index contributed by atoms with van der Waals surface area (Å²) < 4.78 is 1.71. The predicted octanol–water partition coefficient (Wildman–Crippen LogP) is 0.610. The summed E-state index contributed by atoms with van der Waals surface area (Å²) in [5.41, 5.74) is 1.17.